The van der Waals surface area contributed by atoms with Crippen LogP contribution in [-0.4, -0.2) is 40.1 Å². The molecule has 0 radical (unpaired) electrons. The monoisotopic (exact) mass is 371 g/mol. The summed E-state index contributed by atoms with van der Waals surface area (Å²) in [5.74, 6) is 1.21. The Kier molecular flexibility index (Phi) is 6.08. The van der Waals surface area contributed by atoms with E-state index in [-0.39, 0.29) is 17.4 Å². The Hall–Kier alpha value is -2.44. The number of aromatic nitrogens is 3. The molecule has 1 fully saturated rings. The molecule has 2 aromatic heterocycles. The van der Waals surface area contributed by atoms with E-state index in [1.54, 1.807) is 10.8 Å². The summed E-state index contributed by atoms with van der Waals surface area (Å²) >= 11 is 0. The molecule has 0 aliphatic carbocycles. The second kappa shape index (κ2) is 8.50. The van der Waals surface area contributed by atoms with Crippen LogP contribution in [0.3, 0.4) is 0 Å². The van der Waals surface area contributed by atoms with Crippen LogP contribution < -0.4 is 15.8 Å². The highest BCUT2D eigenvalue weighted by Crippen LogP contribution is 2.21. The number of rotatable bonds is 6. The molecule has 1 saturated heterocycles. The molecular weight excluding hydrogens is 342 g/mol. The molecule has 0 saturated carbocycles. The van der Waals surface area contributed by atoms with Crippen molar-refractivity contribution in [2.24, 2.45) is 11.8 Å². The van der Waals surface area contributed by atoms with Crippen LogP contribution in [0.4, 0.5) is 5.82 Å². The number of hydrogen-bond acceptors (Lipinski definition) is 5. The van der Waals surface area contributed by atoms with Gasteiger partial charge in [-0.05, 0) is 44.2 Å². The normalized spacial score (nSPS) is 15.5. The summed E-state index contributed by atoms with van der Waals surface area (Å²) in [5.41, 5.74) is 1.24. The van der Waals surface area contributed by atoms with Crippen LogP contribution in [0, 0.1) is 11.8 Å². The lowest BCUT2D eigenvalue weighted by molar-refractivity contribution is -0.125. The predicted molar refractivity (Wildman–Crippen MR) is 107 cm³/mol. The molecule has 1 aliphatic rings. The van der Waals surface area contributed by atoms with E-state index in [1.807, 2.05) is 24.0 Å². The van der Waals surface area contributed by atoms with E-state index in [1.165, 1.54) is 0 Å². The van der Waals surface area contributed by atoms with Gasteiger partial charge in [0, 0.05) is 38.3 Å². The van der Waals surface area contributed by atoms with Crippen molar-refractivity contribution >= 4 is 22.9 Å². The summed E-state index contributed by atoms with van der Waals surface area (Å²) in [6.07, 6.45) is 4.16. The lowest BCUT2D eigenvalue weighted by Crippen LogP contribution is -2.43. The van der Waals surface area contributed by atoms with Crippen LogP contribution >= 0.6 is 0 Å². The zero-order valence-corrected chi connectivity index (χ0v) is 16.4. The molecule has 0 aromatic carbocycles. The van der Waals surface area contributed by atoms with Crippen LogP contribution in [-0.2, 0) is 11.3 Å². The molecule has 0 spiro atoms. The Balaban J connectivity index is 1.70. The van der Waals surface area contributed by atoms with Crippen molar-refractivity contribution in [3.8, 4) is 0 Å². The SMILES string of the molecule is CCn1c(=O)c(N2CCC(C(=O)NCCC(C)C)CC2)nc2cccnc21. The van der Waals surface area contributed by atoms with E-state index in [9.17, 15) is 9.59 Å². The van der Waals surface area contributed by atoms with Gasteiger partial charge in [-0.2, -0.15) is 0 Å². The van der Waals surface area contributed by atoms with Crippen molar-refractivity contribution in [2.75, 3.05) is 24.5 Å². The number of piperidine rings is 1. The number of amides is 1. The van der Waals surface area contributed by atoms with Crippen molar-refractivity contribution in [1.82, 2.24) is 19.9 Å². The van der Waals surface area contributed by atoms with Gasteiger partial charge in [0.05, 0.1) is 0 Å². The van der Waals surface area contributed by atoms with Gasteiger partial charge in [-0.15, -0.1) is 0 Å². The van der Waals surface area contributed by atoms with E-state index in [2.05, 4.69) is 29.1 Å². The number of pyridine rings is 1. The molecule has 0 atom stereocenters. The third kappa shape index (κ3) is 4.28. The summed E-state index contributed by atoms with van der Waals surface area (Å²) in [6, 6.07) is 3.71. The highest BCUT2D eigenvalue weighted by atomic mass is 16.2. The largest absolute Gasteiger partial charge is 0.356 e. The quantitative estimate of drug-likeness (QED) is 0.842. The molecule has 3 heterocycles. The Morgan fingerprint density at radius 2 is 2.07 bits per heavy atom. The van der Waals surface area contributed by atoms with Crippen molar-refractivity contribution in [2.45, 2.75) is 46.6 Å². The molecule has 0 bridgehead atoms. The van der Waals surface area contributed by atoms with Crippen molar-refractivity contribution in [3.63, 3.8) is 0 Å². The van der Waals surface area contributed by atoms with Gasteiger partial charge in [0.25, 0.3) is 5.56 Å². The molecule has 7 heteroatoms. The van der Waals surface area contributed by atoms with Crippen molar-refractivity contribution in [3.05, 3.63) is 28.7 Å². The molecule has 7 nitrogen and oxygen atoms in total. The predicted octanol–water partition coefficient (Wildman–Crippen LogP) is 2.19. The number of aryl methyl sites for hydroxylation is 1. The third-order valence-electron chi connectivity index (χ3n) is 5.19. The molecular formula is C20H29N5O2. The van der Waals surface area contributed by atoms with Crippen molar-refractivity contribution in [1.29, 1.82) is 0 Å². The molecule has 1 aliphatic heterocycles. The zero-order chi connectivity index (χ0) is 19.4. The molecule has 146 valence electrons. The average molecular weight is 371 g/mol. The number of nitrogens with zero attached hydrogens (tertiary/aromatic N) is 4. The van der Waals surface area contributed by atoms with Gasteiger partial charge in [-0.25, -0.2) is 9.97 Å². The minimum absolute atomic E-state index is 0.0175. The highest BCUT2D eigenvalue weighted by molar-refractivity contribution is 5.79. The summed E-state index contributed by atoms with van der Waals surface area (Å²) in [6.45, 7) is 8.86. The summed E-state index contributed by atoms with van der Waals surface area (Å²) in [4.78, 5) is 36.1. The van der Waals surface area contributed by atoms with E-state index >= 15 is 0 Å². The van der Waals surface area contributed by atoms with Crippen molar-refractivity contribution < 1.29 is 4.79 Å². The fraction of sp³-hybridized carbons (Fsp3) is 0.600. The number of fused-ring (bicyclic) bond motifs is 1. The van der Waals surface area contributed by atoms with Gasteiger partial charge in [0.15, 0.2) is 11.5 Å². The first-order valence-electron chi connectivity index (χ1n) is 9.89. The van der Waals surface area contributed by atoms with Gasteiger partial charge in [0.2, 0.25) is 5.91 Å². The van der Waals surface area contributed by atoms with Gasteiger partial charge in [-0.3, -0.25) is 14.2 Å². The van der Waals surface area contributed by atoms with E-state index in [4.69, 9.17) is 0 Å². The minimum Gasteiger partial charge on any atom is -0.356 e. The summed E-state index contributed by atoms with van der Waals surface area (Å²) < 4.78 is 1.67. The number of nitrogens with one attached hydrogen (secondary N) is 1. The number of carbonyl (C=O) groups is 1. The minimum atomic E-state index is -0.108. The Morgan fingerprint density at radius 3 is 2.74 bits per heavy atom. The molecule has 1 N–H and O–H groups in total. The number of carbonyl (C=O) groups excluding carboxylic acids is 1. The standard InChI is InChI=1S/C20H29N5O2/c1-4-25-17-16(6-5-10-21-17)23-18(20(25)27)24-12-8-15(9-13-24)19(26)22-11-7-14(2)3/h5-6,10,14-15H,4,7-9,11-13H2,1-3H3,(H,22,26). The van der Waals surface area contributed by atoms with Crippen LogP contribution in [0.5, 0.6) is 0 Å². The second-order valence-corrected chi connectivity index (χ2v) is 7.57. The van der Waals surface area contributed by atoms with Crippen LogP contribution in [0.1, 0.15) is 40.0 Å². The fourth-order valence-corrected chi connectivity index (χ4v) is 3.54. The van der Waals surface area contributed by atoms with Gasteiger partial charge in [0.1, 0.15) is 5.52 Å². The maximum Gasteiger partial charge on any atom is 0.295 e. The molecule has 27 heavy (non-hydrogen) atoms. The number of anilines is 1. The molecule has 3 rings (SSSR count). The third-order valence-corrected chi connectivity index (χ3v) is 5.19. The fourth-order valence-electron chi connectivity index (χ4n) is 3.54. The van der Waals surface area contributed by atoms with Crippen LogP contribution in [0.25, 0.3) is 11.2 Å². The average Bonchev–Trinajstić information content (AvgIpc) is 2.67. The van der Waals surface area contributed by atoms with Crippen LogP contribution in [0.2, 0.25) is 0 Å². The molecule has 2 aromatic rings. The summed E-state index contributed by atoms with van der Waals surface area (Å²) in [5, 5.41) is 3.04. The first-order chi connectivity index (χ1) is 13.0. The molecule has 0 unspecified atom stereocenters. The Bertz CT molecular complexity index is 853. The van der Waals surface area contributed by atoms with E-state index in [0.717, 1.165) is 31.3 Å². The Morgan fingerprint density at radius 1 is 1.33 bits per heavy atom. The number of hydrogen-bond donors (Lipinski definition) is 1. The highest BCUT2D eigenvalue weighted by Gasteiger charge is 2.27. The van der Waals surface area contributed by atoms with E-state index in [0.29, 0.717) is 37.0 Å². The second-order valence-electron chi connectivity index (χ2n) is 7.57. The lowest BCUT2D eigenvalue weighted by atomic mass is 9.96. The maximum absolute atomic E-state index is 12.9. The van der Waals surface area contributed by atoms with Crippen LogP contribution in [0.15, 0.2) is 23.1 Å². The smallest absolute Gasteiger partial charge is 0.295 e. The topological polar surface area (TPSA) is 80.1 Å². The Labute approximate surface area is 159 Å². The maximum atomic E-state index is 12.9. The van der Waals surface area contributed by atoms with E-state index < -0.39 is 0 Å². The first-order valence-corrected chi connectivity index (χ1v) is 9.89. The lowest BCUT2D eigenvalue weighted by Gasteiger charge is -2.32. The van der Waals surface area contributed by atoms with Gasteiger partial charge in [-0.1, -0.05) is 13.8 Å². The first kappa shape index (κ1) is 19.3. The van der Waals surface area contributed by atoms with Gasteiger partial charge < -0.3 is 10.2 Å². The summed E-state index contributed by atoms with van der Waals surface area (Å²) in [7, 11) is 0. The van der Waals surface area contributed by atoms with Gasteiger partial charge >= 0.3 is 0 Å². The zero-order valence-electron chi connectivity index (χ0n) is 16.4. The molecule has 1 amide bonds.